The van der Waals surface area contributed by atoms with E-state index in [4.69, 9.17) is 0 Å². The number of nitrogens with one attached hydrogen (secondary N) is 1. The van der Waals surface area contributed by atoms with Crippen molar-refractivity contribution in [2.45, 2.75) is 45.9 Å². The Morgan fingerprint density at radius 1 is 1.07 bits per heavy atom. The predicted octanol–water partition coefficient (Wildman–Crippen LogP) is 3.46. The number of benzene rings is 1. The zero-order valence-electron chi connectivity index (χ0n) is 24.7. The van der Waals surface area contributed by atoms with Gasteiger partial charge >= 0.3 is 0 Å². The number of pyridine rings is 2. The van der Waals surface area contributed by atoms with Gasteiger partial charge < -0.3 is 15.0 Å². The molecule has 4 aromatic heterocycles. The molecule has 5 aromatic rings. The molecule has 0 radical (unpaired) electrons. The van der Waals surface area contributed by atoms with E-state index in [1.54, 1.807) is 31.4 Å². The van der Waals surface area contributed by atoms with E-state index in [0.29, 0.717) is 33.6 Å². The Bertz CT molecular complexity index is 2000. The standard InChI is InChI=1S/C31H33FN8O3/c1-31(2,3)20-10-18-14-34-40(30(43)27(18)24(32)12-20)28-23(17-41)22(6-7-33-28)19-11-25(29(42)38(5)15-19)35-26-13-21-16-37(4)8-9-39(21)36-26/h6-7,10-15,41H,8-9,16-17H2,1-5H3,(H,35,36). The number of aromatic nitrogens is 6. The molecule has 0 fully saturated rings. The number of likely N-dealkylation sites (N-methyl/N-ethyl adjacent to an activating group) is 1. The fourth-order valence-corrected chi connectivity index (χ4v) is 5.45. The van der Waals surface area contributed by atoms with Gasteiger partial charge in [0.25, 0.3) is 11.1 Å². The summed E-state index contributed by atoms with van der Waals surface area (Å²) in [6, 6.07) is 8.43. The maximum Gasteiger partial charge on any atom is 0.283 e. The van der Waals surface area contributed by atoms with Crippen LogP contribution in [0, 0.1) is 5.82 Å². The Hall–Kier alpha value is -4.68. The van der Waals surface area contributed by atoms with Gasteiger partial charge in [0.1, 0.15) is 11.5 Å². The third-order valence-electron chi connectivity index (χ3n) is 7.84. The van der Waals surface area contributed by atoms with Crippen molar-refractivity contribution in [3.8, 4) is 16.9 Å². The van der Waals surface area contributed by atoms with Gasteiger partial charge in [-0.15, -0.1) is 0 Å². The molecule has 0 atom stereocenters. The van der Waals surface area contributed by atoms with E-state index in [0.717, 1.165) is 35.6 Å². The summed E-state index contributed by atoms with van der Waals surface area (Å²) in [5, 5.41) is 22.8. The quantitative estimate of drug-likeness (QED) is 0.322. The van der Waals surface area contributed by atoms with Gasteiger partial charge in [-0.05, 0) is 47.9 Å². The van der Waals surface area contributed by atoms with Crippen molar-refractivity contribution < 1.29 is 9.50 Å². The van der Waals surface area contributed by atoms with Crippen molar-refractivity contribution in [1.29, 1.82) is 0 Å². The first-order valence-electron chi connectivity index (χ1n) is 14.0. The second-order valence-corrected chi connectivity index (χ2v) is 12.0. The molecule has 0 aliphatic carbocycles. The molecular formula is C31H33FN8O3. The average molecular weight is 585 g/mol. The monoisotopic (exact) mass is 584 g/mol. The lowest BCUT2D eigenvalue weighted by atomic mass is 9.86. The van der Waals surface area contributed by atoms with Crippen LogP contribution in [0.1, 0.15) is 37.6 Å². The number of aliphatic hydroxyl groups excluding tert-OH is 1. The van der Waals surface area contributed by atoms with Crippen LogP contribution in [0.2, 0.25) is 0 Å². The highest BCUT2D eigenvalue weighted by Gasteiger charge is 2.22. The van der Waals surface area contributed by atoms with Gasteiger partial charge in [-0.1, -0.05) is 20.8 Å². The molecule has 222 valence electrons. The molecule has 12 heteroatoms. The number of nitrogens with zero attached hydrogens (tertiary/aromatic N) is 7. The maximum absolute atomic E-state index is 15.3. The molecule has 0 unspecified atom stereocenters. The van der Waals surface area contributed by atoms with Crippen molar-refractivity contribution in [3.05, 3.63) is 92.3 Å². The second kappa shape index (κ2) is 10.5. The molecule has 2 N–H and O–H groups in total. The minimum atomic E-state index is -0.688. The Balaban J connectivity index is 1.44. The van der Waals surface area contributed by atoms with Crippen LogP contribution in [0.4, 0.5) is 15.9 Å². The van der Waals surface area contributed by atoms with E-state index in [9.17, 15) is 14.7 Å². The normalized spacial score (nSPS) is 13.8. The summed E-state index contributed by atoms with van der Waals surface area (Å²) < 4.78 is 19.7. The van der Waals surface area contributed by atoms with Gasteiger partial charge in [-0.3, -0.25) is 19.2 Å². The van der Waals surface area contributed by atoms with Crippen LogP contribution in [-0.2, 0) is 32.2 Å². The number of hydrogen-bond acceptors (Lipinski definition) is 8. The third-order valence-corrected chi connectivity index (χ3v) is 7.84. The third kappa shape index (κ3) is 5.12. The van der Waals surface area contributed by atoms with Crippen LogP contribution in [0.15, 0.2) is 58.5 Å². The molecule has 0 amide bonds. The van der Waals surface area contributed by atoms with Gasteiger partial charge in [0.15, 0.2) is 11.6 Å². The predicted molar refractivity (Wildman–Crippen MR) is 162 cm³/mol. The largest absolute Gasteiger partial charge is 0.392 e. The summed E-state index contributed by atoms with van der Waals surface area (Å²) in [6.07, 6.45) is 4.56. The molecule has 1 aromatic carbocycles. The number of rotatable bonds is 5. The summed E-state index contributed by atoms with van der Waals surface area (Å²) >= 11 is 0. The van der Waals surface area contributed by atoms with Gasteiger partial charge in [-0.25, -0.2) is 9.37 Å². The smallest absolute Gasteiger partial charge is 0.283 e. The topological polar surface area (TPSA) is 123 Å². The number of aliphatic hydroxyl groups is 1. The van der Waals surface area contributed by atoms with Crippen molar-refractivity contribution in [1.82, 2.24) is 34.0 Å². The highest BCUT2D eigenvalue weighted by Crippen LogP contribution is 2.30. The van der Waals surface area contributed by atoms with Crippen LogP contribution in [-0.4, -0.2) is 52.7 Å². The molecule has 6 rings (SSSR count). The summed E-state index contributed by atoms with van der Waals surface area (Å²) in [5.74, 6) is -0.0203. The molecular weight excluding hydrogens is 551 g/mol. The molecule has 1 aliphatic rings. The molecule has 0 saturated heterocycles. The fourth-order valence-electron chi connectivity index (χ4n) is 5.45. The Labute approximate surface area is 246 Å². The zero-order valence-corrected chi connectivity index (χ0v) is 24.7. The summed E-state index contributed by atoms with van der Waals surface area (Å²) in [7, 11) is 3.68. The molecule has 11 nitrogen and oxygen atoms in total. The van der Waals surface area contributed by atoms with Crippen molar-refractivity contribution in [3.63, 3.8) is 0 Å². The lowest BCUT2D eigenvalue weighted by Crippen LogP contribution is -2.30. The first-order chi connectivity index (χ1) is 20.4. The number of hydrogen-bond donors (Lipinski definition) is 2. The fraction of sp³-hybridized carbons (Fsp3) is 0.323. The summed E-state index contributed by atoms with van der Waals surface area (Å²) in [6.45, 7) is 7.82. The summed E-state index contributed by atoms with van der Waals surface area (Å²) in [4.78, 5) is 33.2. The highest BCUT2D eigenvalue weighted by molar-refractivity contribution is 5.83. The molecule has 43 heavy (non-hydrogen) atoms. The van der Waals surface area contributed by atoms with E-state index < -0.39 is 18.0 Å². The van der Waals surface area contributed by atoms with E-state index in [2.05, 4.69) is 25.4 Å². The summed E-state index contributed by atoms with van der Waals surface area (Å²) in [5.41, 5.74) is 2.25. The van der Waals surface area contributed by atoms with E-state index in [1.807, 2.05) is 38.6 Å². The first-order valence-corrected chi connectivity index (χ1v) is 14.0. The van der Waals surface area contributed by atoms with Gasteiger partial charge in [0.2, 0.25) is 0 Å². The SMILES string of the molecule is CN1CCn2nc(Nc3cc(-c4ccnc(-n5ncc6cc(C(C)(C)C)cc(F)c6c5=O)c4CO)cn(C)c3=O)cc2C1. The maximum atomic E-state index is 15.3. The van der Waals surface area contributed by atoms with E-state index in [1.165, 1.54) is 23.0 Å². The second-order valence-electron chi connectivity index (χ2n) is 12.0. The van der Waals surface area contributed by atoms with Crippen molar-refractivity contribution in [2.75, 3.05) is 18.9 Å². The van der Waals surface area contributed by atoms with Crippen molar-refractivity contribution in [2.24, 2.45) is 7.05 Å². The molecule has 5 heterocycles. The van der Waals surface area contributed by atoms with Crippen LogP contribution < -0.4 is 16.4 Å². The minimum absolute atomic E-state index is 0.0699. The molecule has 0 bridgehead atoms. The van der Waals surface area contributed by atoms with Crippen LogP contribution >= 0.6 is 0 Å². The zero-order chi connectivity index (χ0) is 30.6. The van der Waals surface area contributed by atoms with Crippen molar-refractivity contribution >= 4 is 22.3 Å². The Morgan fingerprint density at radius 2 is 1.86 bits per heavy atom. The van der Waals surface area contributed by atoms with Crippen LogP contribution in [0.25, 0.3) is 27.7 Å². The highest BCUT2D eigenvalue weighted by atomic mass is 19.1. The van der Waals surface area contributed by atoms with Crippen LogP contribution in [0.5, 0.6) is 0 Å². The minimum Gasteiger partial charge on any atom is -0.392 e. The van der Waals surface area contributed by atoms with Gasteiger partial charge in [-0.2, -0.15) is 14.9 Å². The average Bonchev–Trinajstić information content (AvgIpc) is 3.35. The van der Waals surface area contributed by atoms with E-state index >= 15 is 4.39 Å². The number of halogens is 1. The Kier molecular flexibility index (Phi) is 6.98. The molecule has 0 spiro atoms. The van der Waals surface area contributed by atoms with Gasteiger partial charge in [0.05, 0.1) is 30.4 Å². The Morgan fingerprint density at radius 3 is 2.60 bits per heavy atom. The van der Waals surface area contributed by atoms with Crippen LogP contribution in [0.3, 0.4) is 0 Å². The number of fused-ring (bicyclic) bond motifs is 2. The number of aryl methyl sites for hydroxylation is 1. The first kappa shape index (κ1) is 28.4. The lowest BCUT2D eigenvalue weighted by molar-refractivity contribution is 0.259. The van der Waals surface area contributed by atoms with E-state index in [-0.39, 0.29) is 22.2 Å². The number of anilines is 2. The lowest BCUT2D eigenvalue weighted by Gasteiger charge is -2.22. The molecule has 0 saturated carbocycles. The molecule has 1 aliphatic heterocycles. The van der Waals surface area contributed by atoms with Gasteiger partial charge in [0, 0.05) is 55.1 Å².